The Morgan fingerprint density at radius 1 is 0.929 bits per heavy atom. The van der Waals surface area contributed by atoms with Gasteiger partial charge in [0.25, 0.3) is 0 Å². The van der Waals surface area contributed by atoms with Gasteiger partial charge in [0, 0.05) is 24.1 Å². The lowest BCUT2D eigenvalue weighted by Gasteiger charge is -2.19. The number of anilines is 1. The number of nitrogens with zero attached hydrogens (tertiary/aromatic N) is 2. The molecule has 28 heavy (non-hydrogen) atoms. The second-order valence-electron chi connectivity index (χ2n) is 6.15. The molecule has 2 aromatic carbocycles. The molecule has 0 fully saturated rings. The van der Waals surface area contributed by atoms with Gasteiger partial charge in [0.05, 0.1) is 5.69 Å². The minimum atomic E-state index is -0.791. The zero-order valence-corrected chi connectivity index (χ0v) is 14.8. The summed E-state index contributed by atoms with van der Waals surface area (Å²) in [6.45, 7) is 0.627. The van der Waals surface area contributed by atoms with Gasteiger partial charge in [0.15, 0.2) is 11.5 Å². The molecular weight excluding hydrogens is 362 g/mol. The summed E-state index contributed by atoms with van der Waals surface area (Å²) in [4.78, 5) is 37.1. The van der Waals surface area contributed by atoms with Gasteiger partial charge in [0.2, 0.25) is 5.91 Å². The highest BCUT2D eigenvalue weighted by Gasteiger charge is 2.15. The van der Waals surface area contributed by atoms with Crippen LogP contribution in [0.3, 0.4) is 0 Å². The fourth-order valence-corrected chi connectivity index (χ4v) is 2.89. The van der Waals surface area contributed by atoms with Gasteiger partial charge in [-0.15, -0.1) is 0 Å². The molecule has 0 bridgehead atoms. The van der Waals surface area contributed by atoms with Crippen LogP contribution in [0.25, 0.3) is 5.69 Å². The second-order valence-corrected chi connectivity index (χ2v) is 6.15. The number of aromatic nitrogens is 2. The minimum absolute atomic E-state index is 0.259. The molecule has 1 N–H and O–H groups in total. The van der Waals surface area contributed by atoms with Crippen molar-refractivity contribution >= 4 is 11.6 Å². The van der Waals surface area contributed by atoms with Crippen LogP contribution in [-0.4, -0.2) is 28.3 Å². The molecule has 8 nitrogen and oxygen atoms in total. The molecule has 0 unspecified atom stereocenters. The zero-order chi connectivity index (χ0) is 19.5. The summed E-state index contributed by atoms with van der Waals surface area (Å²) in [5.74, 6) is 0.709. The summed E-state index contributed by atoms with van der Waals surface area (Å²) in [7, 11) is 0. The molecule has 0 radical (unpaired) electrons. The first-order valence-electron chi connectivity index (χ1n) is 8.69. The smallest absolute Gasteiger partial charge is 0.320 e. The van der Waals surface area contributed by atoms with Gasteiger partial charge in [-0.2, -0.15) is 0 Å². The van der Waals surface area contributed by atoms with Crippen LogP contribution in [0.1, 0.15) is 0 Å². The molecule has 0 saturated carbocycles. The Morgan fingerprint density at radius 3 is 2.46 bits per heavy atom. The van der Waals surface area contributed by atoms with Crippen molar-refractivity contribution in [1.29, 1.82) is 0 Å². The van der Waals surface area contributed by atoms with Gasteiger partial charge in [-0.05, 0) is 24.3 Å². The highest BCUT2D eigenvalue weighted by molar-refractivity contribution is 5.90. The molecule has 0 spiro atoms. The number of carbonyl (C=O) groups excluding carboxylic acids is 1. The Morgan fingerprint density at radius 2 is 1.68 bits per heavy atom. The maximum atomic E-state index is 12.5. The summed E-state index contributed by atoms with van der Waals surface area (Å²) >= 11 is 0. The van der Waals surface area contributed by atoms with E-state index in [0.717, 1.165) is 4.57 Å². The fourth-order valence-electron chi connectivity index (χ4n) is 2.89. The highest BCUT2D eigenvalue weighted by atomic mass is 16.6. The number of rotatable bonds is 4. The topological polar surface area (TPSA) is 91.6 Å². The van der Waals surface area contributed by atoms with Gasteiger partial charge in [-0.25, -0.2) is 0 Å². The van der Waals surface area contributed by atoms with Crippen molar-refractivity contribution in [3.05, 3.63) is 81.6 Å². The first-order chi connectivity index (χ1) is 13.6. The predicted molar refractivity (Wildman–Crippen MR) is 102 cm³/mol. The van der Waals surface area contributed by atoms with E-state index in [4.69, 9.17) is 9.47 Å². The van der Waals surface area contributed by atoms with Gasteiger partial charge >= 0.3 is 11.1 Å². The van der Waals surface area contributed by atoms with E-state index in [1.165, 1.54) is 17.0 Å². The molecule has 4 rings (SSSR count). The molecule has 8 heteroatoms. The number of hydrogen-bond donors (Lipinski definition) is 1. The van der Waals surface area contributed by atoms with E-state index in [1.807, 2.05) is 6.07 Å². The van der Waals surface area contributed by atoms with Gasteiger partial charge in [-0.3, -0.25) is 23.5 Å². The number of para-hydroxylation sites is 1. The molecule has 0 aliphatic carbocycles. The van der Waals surface area contributed by atoms with Crippen LogP contribution in [0.15, 0.2) is 70.5 Å². The number of nitrogens with one attached hydrogen (secondary N) is 1. The standard InChI is InChI=1S/C20H17N3O5/c24-18(21-14-4-2-1-3-5-14)13-22-8-9-23(20(26)19(22)25)15-6-7-16-17(12-15)28-11-10-27-16/h1-9,12H,10-11,13H2,(H,21,24). The normalized spacial score (nSPS) is 12.4. The van der Waals surface area contributed by atoms with Gasteiger partial charge in [-0.1, -0.05) is 18.2 Å². The number of amides is 1. The quantitative estimate of drug-likeness (QED) is 0.692. The molecule has 0 atom stereocenters. The molecule has 1 amide bonds. The summed E-state index contributed by atoms with van der Waals surface area (Å²) in [5, 5.41) is 2.68. The van der Waals surface area contributed by atoms with Crippen LogP contribution in [0.4, 0.5) is 5.69 Å². The maximum Gasteiger partial charge on any atom is 0.320 e. The SMILES string of the molecule is O=C(Cn1ccn(-c2ccc3c(c2)OCCO3)c(=O)c1=O)Nc1ccccc1. The lowest BCUT2D eigenvalue weighted by molar-refractivity contribution is -0.116. The molecule has 1 aromatic heterocycles. The Hall–Kier alpha value is -3.81. The maximum absolute atomic E-state index is 12.5. The third-order valence-electron chi connectivity index (χ3n) is 4.23. The largest absolute Gasteiger partial charge is 0.486 e. The average molecular weight is 379 g/mol. The number of fused-ring (bicyclic) bond motifs is 1. The zero-order valence-electron chi connectivity index (χ0n) is 14.8. The van der Waals surface area contributed by atoms with Crippen molar-refractivity contribution in [2.24, 2.45) is 0 Å². The molecule has 2 heterocycles. The van der Waals surface area contributed by atoms with E-state index in [0.29, 0.717) is 36.1 Å². The highest BCUT2D eigenvalue weighted by Crippen LogP contribution is 2.31. The average Bonchev–Trinajstić information content (AvgIpc) is 2.72. The lowest BCUT2D eigenvalue weighted by atomic mass is 10.2. The van der Waals surface area contributed by atoms with Crippen molar-refractivity contribution in [1.82, 2.24) is 9.13 Å². The monoisotopic (exact) mass is 379 g/mol. The van der Waals surface area contributed by atoms with E-state index in [2.05, 4.69) is 5.32 Å². The van der Waals surface area contributed by atoms with Crippen molar-refractivity contribution < 1.29 is 14.3 Å². The Balaban J connectivity index is 1.58. The molecule has 1 aliphatic rings. The first-order valence-corrected chi connectivity index (χ1v) is 8.69. The molecule has 0 saturated heterocycles. The van der Waals surface area contributed by atoms with Crippen LogP contribution < -0.4 is 25.9 Å². The summed E-state index contributed by atoms with van der Waals surface area (Å²) < 4.78 is 13.3. The van der Waals surface area contributed by atoms with Crippen LogP contribution in [0.2, 0.25) is 0 Å². The second kappa shape index (κ2) is 7.43. The van der Waals surface area contributed by atoms with Gasteiger partial charge < -0.3 is 14.8 Å². The van der Waals surface area contributed by atoms with E-state index >= 15 is 0 Å². The number of benzene rings is 2. The van der Waals surface area contributed by atoms with Crippen LogP contribution in [-0.2, 0) is 11.3 Å². The molecular formula is C20H17N3O5. The van der Waals surface area contributed by atoms with Crippen molar-refractivity contribution in [2.75, 3.05) is 18.5 Å². The van der Waals surface area contributed by atoms with Crippen molar-refractivity contribution in [2.45, 2.75) is 6.54 Å². The summed E-state index contributed by atoms with van der Waals surface area (Å²) in [6, 6.07) is 13.9. The van der Waals surface area contributed by atoms with E-state index < -0.39 is 17.0 Å². The van der Waals surface area contributed by atoms with E-state index in [1.54, 1.807) is 42.5 Å². The first kappa shape index (κ1) is 17.6. The fraction of sp³-hybridized carbons (Fsp3) is 0.150. The lowest BCUT2D eigenvalue weighted by Crippen LogP contribution is -2.41. The predicted octanol–water partition coefficient (Wildman–Crippen LogP) is 1.41. The summed E-state index contributed by atoms with van der Waals surface area (Å²) in [6.07, 6.45) is 2.86. The minimum Gasteiger partial charge on any atom is -0.486 e. The Bertz CT molecular complexity index is 1130. The van der Waals surface area contributed by atoms with Crippen LogP contribution in [0.5, 0.6) is 11.5 Å². The Labute approximate surface area is 159 Å². The third kappa shape index (κ3) is 3.52. The summed E-state index contributed by atoms with van der Waals surface area (Å²) in [5.41, 5.74) is -0.454. The number of hydrogen-bond acceptors (Lipinski definition) is 5. The van der Waals surface area contributed by atoms with Gasteiger partial charge in [0.1, 0.15) is 19.8 Å². The molecule has 142 valence electrons. The van der Waals surface area contributed by atoms with Crippen molar-refractivity contribution in [3.63, 3.8) is 0 Å². The Kier molecular flexibility index (Phi) is 4.67. The molecule has 3 aromatic rings. The van der Waals surface area contributed by atoms with Crippen molar-refractivity contribution in [3.8, 4) is 17.2 Å². The third-order valence-corrected chi connectivity index (χ3v) is 4.23. The molecule has 1 aliphatic heterocycles. The van der Waals surface area contributed by atoms with Crippen LogP contribution >= 0.6 is 0 Å². The van der Waals surface area contributed by atoms with E-state index in [-0.39, 0.29) is 6.54 Å². The van der Waals surface area contributed by atoms with E-state index in [9.17, 15) is 14.4 Å². The number of ether oxygens (including phenoxy) is 2. The van der Waals surface area contributed by atoms with Crippen LogP contribution in [0, 0.1) is 0 Å². The number of carbonyl (C=O) groups is 1.